The second-order valence-electron chi connectivity index (χ2n) is 4.09. The number of nitrogens with one attached hydrogen (secondary N) is 1. The summed E-state index contributed by atoms with van der Waals surface area (Å²) in [5.41, 5.74) is 5.00. The molecule has 0 aliphatic heterocycles. The summed E-state index contributed by atoms with van der Waals surface area (Å²) >= 11 is 0. The Morgan fingerprint density at radius 1 is 1.35 bits per heavy atom. The topological polar surface area (TPSA) is 103 Å². The van der Waals surface area contributed by atoms with Gasteiger partial charge in [0.2, 0.25) is 11.8 Å². The number of hydrogen-bond donors (Lipinski definition) is 2. The van der Waals surface area contributed by atoms with Gasteiger partial charge in [-0.25, -0.2) is 0 Å². The first-order valence-electron chi connectivity index (χ1n) is 6.22. The van der Waals surface area contributed by atoms with E-state index in [2.05, 4.69) is 15.5 Å². The van der Waals surface area contributed by atoms with E-state index >= 15 is 0 Å². The van der Waals surface area contributed by atoms with E-state index in [4.69, 9.17) is 15.0 Å². The van der Waals surface area contributed by atoms with E-state index in [-0.39, 0.29) is 6.54 Å². The molecule has 0 bridgehead atoms. The second-order valence-corrected chi connectivity index (χ2v) is 4.09. The van der Waals surface area contributed by atoms with Gasteiger partial charge >= 0.3 is 0 Å². The zero-order valence-corrected chi connectivity index (χ0v) is 10.9. The van der Waals surface area contributed by atoms with Gasteiger partial charge < -0.3 is 15.0 Å². The lowest BCUT2D eigenvalue weighted by molar-refractivity contribution is -0.117. The normalized spacial score (nSPS) is 10.4. The molecule has 1 heterocycles. The van der Waals surface area contributed by atoms with Gasteiger partial charge in [-0.1, -0.05) is 23.4 Å². The lowest BCUT2D eigenvalue weighted by Crippen LogP contribution is -2.28. The predicted octanol–water partition coefficient (Wildman–Crippen LogP) is 0.266. The SMILES string of the molecule is NC(=O)CNCc1nc(CCOc2ccccc2)no1. The summed E-state index contributed by atoms with van der Waals surface area (Å²) in [6.45, 7) is 0.863. The fraction of sp³-hybridized carbons (Fsp3) is 0.308. The highest BCUT2D eigenvalue weighted by molar-refractivity contribution is 5.75. The maximum absolute atomic E-state index is 10.5. The summed E-state index contributed by atoms with van der Waals surface area (Å²) in [7, 11) is 0. The van der Waals surface area contributed by atoms with Crippen molar-refractivity contribution in [2.45, 2.75) is 13.0 Å². The highest BCUT2D eigenvalue weighted by Gasteiger charge is 2.06. The first-order chi connectivity index (χ1) is 9.74. The molecule has 0 saturated heterocycles. The summed E-state index contributed by atoms with van der Waals surface area (Å²) in [5.74, 6) is 1.36. The maximum atomic E-state index is 10.5. The van der Waals surface area contributed by atoms with Gasteiger partial charge in [0.25, 0.3) is 0 Å². The molecule has 1 amide bonds. The number of aromatic nitrogens is 2. The number of rotatable bonds is 8. The van der Waals surface area contributed by atoms with Gasteiger partial charge in [0, 0.05) is 6.42 Å². The molecule has 0 unspecified atom stereocenters. The van der Waals surface area contributed by atoms with Crippen LogP contribution in [-0.4, -0.2) is 29.2 Å². The van der Waals surface area contributed by atoms with E-state index in [0.717, 1.165) is 5.75 Å². The number of para-hydroxylation sites is 1. The van der Waals surface area contributed by atoms with Crippen molar-refractivity contribution in [3.63, 3.8) is 0 Å². The third-order valence-electron chi connectivity index (χ3n) is 2.42. The van der Waals surface area contributed by atoms with Crippen molar-refractivity contribution >= 4 is 5.91 Å². The van der Waals surface area contributed by atoms with Crippen molar-refractivity contribution < 1.29 is 14.1 Å². The number of ether oxygens (including phenoxy) is 1. The molecule has 7 nitrogen and oxygen atoms in total. The Hall–Kier alpha value is -2.41. The standard InChI is InChI=1S/C13H16N4O3/c14-11(18)8-15-9-13-16-12(17-20-13)6-7-19-10-4-2-1-3-5-10/h1-5,15H,6-9H2,(H2,14,18). The van der Waals surface area contributed by atoms with Crippen molar-refractivity contribution in [3.05, 3.63) is 42.0 Å². The van der Waals surface area contributed by atoms with Crippen molar-refractivity contribution in [1.82, 2.24) is 15.5 Å². The summed E-state index contributed by atoms with van der Waals surface area (Å²) in [4.78, 5) is 14.7. The Labute approximate surface area is 116 Å². The van der Waals surface area contributed by atoms with Crippen LogP contribution < -0.4 is 15.8 Å². The minimum absolute atomic E-state index is 0.0782. The van der Waals surface area contributed by atoms with Gasteiger partial charge in [0.05, 0.1) is 19.7 Å². The van der Waals surface area contributed by atoms with Crippen LogP contribution in [0, 0.1) is 0 Å². The predicted molar refractivity (Wildman–Crippen MR) is 70.8 cm³/mol. The minimum atomic E-state index is -0.430. The lowest BCUT2D eigenvalue weighted by Gasteiger charge is -2.02. The highest BCUT2D eigenvalue weighted by atomic mass is 16.5. The molecule has 1 aromatic heterocycles. The number of nitrogens with two attached hydrogens (primary N) is 1. The lowest BCUT2D eigenvalue weighted by atomic mass is 10.3. The Bertz CT molecular complexity index is 542. The zero-order chi connectivity index (χ0) is 14.2. The fourth-order valence-electron chi connectivity index (χ4n) is 1.53. The van der Waals surface area contributed by atoms with Gasteiger partial charge in [-0.15, -0.1) is 0 Å². The number of primary amides is 1. The first-order valence-corrected chi connectivity index (χ1v) is 6.22. The molecule has 2 rings (SSSR count). The number of carbonyl (C=O) groups is 1. The Kier molecular flexibility index (Phi) is 5.08. The number of carbonyl (C=O) groups excluding carboxylic acids is 1. The first kappa shape index (κ1) is 14.0. The molecule has 0 aliphatic rings. The number of hydrogen-bond acceptors (Lipinski definition) is 6. The summed E-state index contributed by atoms with van der Waals surface area (Å²) < 4.78 is 10.6. The average molecular weight is 276 g/mol. The van der Waals surface area contributed by atoms with E-state index in [1.165, 1.54) is 0 Å². The van der Waals surface area contributed by atoms with Crippen LogP contribution in [0.4, 0.5) is 0 Å². The second kappa shape index (κ2) is 7.25. The number of amides is 1. The van der Waals surface area contributed by atoms with E-state index in [1.54, 1.807) is 0 Å². The van der Waals surface area contributed by atoms with Crippen molar-refractivity contribution in [2.75, 3.05) is 13.2 Å². The van der Waals surface area contributed by atoms with Crippen LogP contribution >= 0.6 is 0 Å². The summed E-state index contributed by atoms with van der Waals surface area (Å²) in [6.07, 6.45) is 0.550. The van der Waals surface area contributed by atoms with E-state index in [0.29, 0.717) is 31.3 Å². The van der Waals surface area contributed by atoms with E-state index < -0.39 is 5.91 Å². The monoisotopic (exact) mass is 276 g/mol. The molecule has 0 spiro atoms. The van der Waals surface area contributed by atoms with Gasteiger partial charge in [0.1, 0.15) is 5.75 Å². The highest BCUT2D eigenvalue weighted by Crippen LogP contribution is 2.08. The number of nitrogens with zero attached hydrogens (tertiary/aromatic N) is 2. The van der Waals surface area contributed by atoms with Gasteiger partial charge in [-0.3, -0.25) is 10.1 Å². The number of benzene rings is 1. The molecular weight excluding hydrogens is 260 g/mol. The molecule has 0 saturated carbocycles. The molecule has 20 heavy (non-hydrogen) atoms. The molecule has 3 N–H and O–H groups in total. The van der Waals surface area contributed by atoms with E-state index in [9.17, 15) is 4.79 Å². The van der Waals surface area contributed by atoms with Crippen LogP contribution in [0.3, 0.4) is 0 Å². The van der Waals surface area contributed by atoms with Crippen molar-refractivity contribution in [2.24, 2.45) is 5.73 Å². The third kappa shape index (κ3) is 4.69. The molecule has 2 aromatic rings. The van der Waals surface area contributed by atoms with Gasteiger partial charge in [-0.05, 0) is 12.1 Å². The van der Waals surface area contributed by atoms with Gasteiger partial charge in [0.15, 0.2) is 5.82 Å². The molecule has 0 fully saturated rings. The third-order valence-corrected chi connectivity index (χ3v) is 2.42. The Morgan fingerprint density at radius 3 is 2.90 bits per heavy atom. The smallest absolute Gasteiger partial charge is 0.240 e. The fourth-order valence-corrected chi connectivity index (χ4v) is 1.53. The molecule has 0 atom stereocenters. The Morgan fingerprint density at radius 2 is 2.15 bits per heavy atom. The van der Waals surface area contributed by atoms with Crippen LogP contribution in [0.1, 0.15) is 11.7 Å². The van der Waals surface area contributed by atoms with Crippen molar-refractivity contribution in [3.8, 4) is 5.75 Å². The Balaban J connectivity index is 1.71. The maximum Gasteiger partial charge on any atom is 0.240 e. The summed E-state index contributed by atoms with van der Waals surface area (Å²) in [5, 5.41) is 6.62. The van der Waals surface area contributed by atoms with Crippen LogP contribution in [-0.2, 0) is 17.8 Å². The molecule has 0 aliphatic carbocycles. The molecule has 106 valence electrons. The largest absolute Gasteiger partial charge is 0.493 e. The average Bonchev–Trinajstić information content (AvgIpc) is 2.87. The van der Waals surface area contributed by atoms with E-state index in [1.807, 2.05) is 30.3 Å². The molecule has 1 aromatic carbocycles. The van der Waals surface area contributed by atoms with Crippen LogP contribution in [0.15, 0.2) is 34.9 Å². The molecule has 7 heteroatoms. The summed E-state index contributed by atoms with van der Waals surface area (Å²) in [6, 6.07) is 9.51. The quantitative estimate of drug-likeness (QED) is 0.717. The van der Waals surface area contributed by atoms with Crippen molar-refractivity contribution in [1.29, 1.82) is 0 Å². The molecular formula is C13H16N4O3. The van der Waals surface area contributed by atoms with Gasteiger partial charge in [-0.2, -0.15) is 4.98 Å². The minimum Gasteiger partial charge on any atom is -0.493 e. The molecule has 0 radical (unpaired) electrons. The van der Waals surface area contributed by atoms with Crippen LogP contribution in [0.25, 0.3) is 0 Å². The van der Waals surface area contributed by atoms with Crippen LogP contribution in [0.5, 0.6) is 5.75 Å². The zero-order valence-electron chi connectivity index (χ0n) is 10.9. The van der Waals surface area contributed by atoms with Crippen LogP contribution in [0.2, 0.25) is 0 Å².